The van der Waals surface area contributed by atoms with Gasteiger partial charge in [0, 0.05) is 16.7 Å². The van der Waals surface area contributed by atoms with Crippen molar-refractivity contribution in [1.82, 2.24) is 0 Å². The highest BCUT2D eigenvalue weighted by Crippen LogP contribution is 2.22. The molecule has 0 radical (unpaired) electrons. The first-order valence-corrected chi connectivity index (χ1v) is 9.46. The standard InChI is InChI=1S/C19H23NO2S/c1-14-6-12-17(13-7-14)23(5,22)20-18(21)15-8-10-16(11-9-15)19(2,3)4/h6-13H,1-5H3/t23-/m0/s1. The topological polar surface area (TPSA) is 46.5 Å². The second-order valence-electron chi connectivity index (χ2n) is 6.84. The molecule has 0 aliphatic heterocycles. The van der Waals surface area contributed by atoms with Crippen LogP contribution in [0, 0.1) is 6.92 Å². The lowest BCUT2D eigenvalue weighted by Gasteiger charge is -2.18. The molecule has 1 atom stereocenters. The number of rotatable bonds is 2. The van der Waals surface area contributed by atoms with E-state index in [2.05, 4.69) is 25.1 Å². The first-order valence-electron chi connectivity index (χ1n) is 7.53. The number of benzene rings is 2. The molecule has 4 heteroatoms. The largest absolute Gasteiger partial charge is 0.285 e. The summed E-state index contributed by atoms with van der Waals surface area (Å²) in [6, 6.07) is 14.6. The molecular formula is C19H23NO2S. The van der Waals surface area contributed by atoms with Crippen LogP contribution in [-0.2, 0) is 15.1 Å². The maximum atomic E-state index is 12.7. The molecule has 1 amide bonds. The summed E-state index contributed by atoms with van der Waals surface area (Å²) in [5, 5.41) is 0. The average Bonchev–Trinajstić information content (AvgIpc) is 2.46. The lowest BCUT2D eigenvalue weighted by Crippen LogP contribution is -2.11. The highest BCUT2D eigenvalue weighted by atomic mass is 32.2. The van der Waals surface area contributed by atoms with E-state index in [1.807, 2.05) is 31.2 Å². The summed E-state index contributed by atoms with van der Waals surface area (Å²) < 4.78 is 16.7. The van der Waals surface area contributed by atoms with Gasteiger partial charge in [0.1, 0.15) is 0 Å². The van der Waals surface area contributed by atoms with Gasteiger partial charge < -0.3 is 0 Å². The predicted molar refractivity (Wildman–Crippen MR) is 95.4 cm³/mol. The highest BCUT2D eigenvalue weighted by molar-refractivity contribution is 7.93. The molecule has 0 aliphatic carbocycles. The number of nitrogens with zero attached hydrogens (tertiary/aromatic N) is 1. The Morgan fingerprint density at radius 2 is 1.48 bits per heavy atom. The van der Waals surface area contributed by atoms with Crippen LogP contribution in [0.2, 0.25) is 0 Å². The summed E-state index contributed by atoms with van der Waals surface area (Å²) in [4.78, 5) is 12.9. The molecule has 0 N–H and O–H groups in total. The molecule has 2 aromatic carbocycles. The van der Waals surface area contributed by atoms with Crippen LogP contribution in [0.1, 0.15) is 42.3 Å². The predicted octanol–water partition coefficient (Wildman–Crippen LogP) is 4.59. The van der Waals surface area contributed by atoms with Crippen LogP contribution in [0.5, 0.6) is 0 Å². The van der Waals surface area contributed by atoms with E-state index in [1.165, 1.54) is 6.26 Å². The number of carbonyl (C=O) groups is 1. The first-order chi connectivity index (χ1) is 10.6. The van der Waals surface area contributed by atoms with E-state index < -0.39 is 15.6 Å². The Bertz CT molecular complexity index is 819. The number of carbonyl (C=O) groups excluding carboxylic acids is 1. The van der Waals surface area contributed by atoms with Crippen molar-refractivity contribution >= 4 is 15.6 Å². The van der Waals surface area contributed by atoms with Crippen LogP contribution >= 0.6 is 0 Å². The van der Waals surface area contributed by atoms with Crippen molar-refractivity contribution in [3.63, 3.8) is 0 Å². The lowest BCUT2D eigenvalue weighted by molar-refractivity contribution is 0.100. The molecule has 2 aromatic rings. The van der Waals surface area contributed by atoms with Gasteiger partial charge in [0.25, 0.3) is 5.91 Å². The van der Waals surface area contributed by atoms with E-state index in [1.54, 1.807) is 24.3 Å². The second-order valence-corrected chi connectivity index (χ2v) is 9.10. The zero-order chi connectivity index (χ0) is 17.3. The molecule has 0 fully saturated rings. The van der Waals surface area contributed by atoms with Gasteiger partial charge in [-0.3, -0.25) is 4.79 Å². The van der Waals surface area contributed by atoms with E-state index in [9.17, 15) is 9.00 Å². The third kappa shape index (κ3) is 4.29. The fraction of sp³-hybridized carbons (Fsp3) is 0.316. The van der Waals surface area contributed by atoms with Crippen LogP contribution in [0.25, 0.3) is 0 Å². The molecule has 2 rings (SSSR count). The monoisotopic (exact) mass is 329 g/mol. The third-order valence-electron chi connectivity index (χ3n) is 3.71. The van der Waals surface area contributed by atoms with Crippen LogP contribution in [-0.4, -0.2) is 16.4 Å². The quantitative estimate of drug-likeness (QED) is 0.809. The van der Waals surface area contributed by atoms with E-state index >= 15 is 0 Å². The lowest BCUT2D eigenvalue weighted by atomic mass is 9.87. The number of hydrogen-bond acceptors (Lipinski definition) is 2. The smallest absolute Gasteiger partial charge is 0.266 e. The van der Waals surface area contributed by atoms with Crippen LogP contribution in [0.4, 0.5) is 0 Å². The van der Waals surface area contributed by atoms with E-state index in [0.717, 1.165) is 11.1 Å². The molecule has 122 valence electrons. The Kier molecular flexibility index (Phi) is 4.76. The number of amides is 1. The van der Waals surface area contributed by atoms with Gasteiger partial charge in [0.2, 0.25) is 0 Å². The number of aryl methyl sites for hydroxylation is 1. The first kappa shape index (κ1) is 17.4. The molecule has 0 saturated heterocycles. The Labute approximate surface area is 138 Å². The SMILES string of the molecule is Cc1ccc([S@](C)(=O)=NC(=O)c2ccc(C(C)(C)C)cc2)cc1. The summed E-state index contributed by atoms with van der Waals surface area (Å²) in [7, 11) is -2.74. The Morgan fingerprint density at radius 1 is 0.957 bits per heavy atom. The highest BCUT2D eigenvalue weighted by Gasteiger charge is 2.15. The number of hydrogen-bond donors (Lipinski definition) is 0. The Hall–Kier alpha value is -1.94. The molecule has 0 aromatic heterocycles. The van der Waals surface area contributed by atoms with Crippen LogP contribution in [0.15, 0.2) is 57.8 Å². The van der Waals surface area contributed by atoms with Crippen molar-refractivity contribution in [2.45, 2.75) is 38.0 Å². The van der Waals surface area contributed by atoms with Crippen molar-refractivity contribution in [3.05, 3.63) is 65.2 Å². The summed E-state index contributed by atoms with van der Waals surface area (Å²) in [5.41, 5.74) is 2.70. The molecule has 3 nitrogen and oxygen atoms in total. The average molecular weight is 329 g/mol. The van der Waals surface area contributed by atoms with Crippen molar-refractivity contribution in [1.29, 1.82) is 0 Å². The summed E-state index contributed by atoms with van der Waals surface area (Å²) in [5.74, 6) is -0.446. The van der Waals surface area contributed by atoms with Crippen LogP contribution in [0.3, 0.4) is 0 Å². The van der Waals surface area contributed by atoms with E-state index in [0.29, 0.717) is 10.5 Å². The van der Waals surface area contributed by atoms with Gasteiger partial charge in [0.15, 0.2) is 0 Å². The molecule has 0 spiro atoms. The minimum atomic E-state index is -2.74. The molecule has 0 aliphatic rings. The zero-order valence-corrected chi connectivity index (χ0v) is 15.1. The minimum absolute atomic E-state index is 0.0267. The van der Waals surface area contributed by atoms with Crippen molar-refractivity contribution < 1.29 is 9.00 Å². The summed E-state index contributed by atoms with van der Waals surface area (Å²) in [6.07, 6.45) is 1.50. The van der Waals surface area contributed by atoms with Gasteiger partial charge in [-0.2, -0.15) is 4.36 Å². The minimum Gasteiger partial charge on any atom is -0.266 e. The van der Waals surface area contributed by atoms with E-state index in [4.69, 9.17) is 0 Å². The fourth-order valence-corrected chi connectivity index (χ4v) is 3.34. The van der Waals surface area contributed by atoms with Gasteiger partial charge in [-0.15, -0.1) is 0 Å². The molecule has 23 heavy (non-hydrogen) atoms. The Balaban J connectivity index is 2.33. The van der Waals surface area contributed by atoms with Gasteiger partial charge in [-0.25, -0.2) is 4.21 Å². The van der Waals surface area contributed by atoms with Gasteiger partial charge in [-0.05, 0) is 42.2 Å². The fourth-order valence-electron chi connectivity index (χ4n) is 2.17. The molecule has 0 bridgehead atoms. The normalized spacial score (nSPS) is 14.1. The van der Waals surface area contributed by atoms with Gasteiger partial charge in [0.05, 0.1) is 9.73 Å². The summed E-state index contributed by atoms with van der Waals surface area (Å²) >= 11 is 0. The van der Waals surface area contributed by atoms with Crippen molar-refractivity contribution in [2.24, 2.45) is 4.36 Å². The third-order valence-corrected chi connectivity index (χ3v) is 5.37. The van der Waals surface area contributed by atoms with Gasteiger partial charge in [-0.1, -0.05) is 50.6 Å². The van der Waals surface area contributed by atoms with Crippen LogP contribution < -0.4 is 0 Å². The van der Waals surface area contributed by atoms with Crippen molar-refractivity contribution in [2.75, 3.05) is 6.26 Å². The van der Waals surface area contributed by atoms with Crippen molar-refractivity contribution in [3.8, 4) is 0 Å². The molecular weight excluding hydrogens is 306 g/mol. The van der Waals surface area contributed by atoms with E-state index in [-0.39, 0.29) is 5.41 Å². The second kappa shape index (κ2) is 6.28. The molecule has 0 unspecified atom stereocenters. The Morgan fingerprint density at radius 3 is 1.96 bits per heavy atom. The summed E-state index contributed by atoms with van der Waals surface area (Å²) in [6.45, 7) is 8.31. The zero-order valence-electron chi connectivity index (χ0n) is 14.3. The van der Waals surface area contributed by atoms with Gasteiger partial charge >= 0.3 is 0 Å². The maximum absolute atomic E-state index is 12.7. The molecule has 0 saturated carbocycles. The maximum Gasteiger partial charge on any atom is 0.285 e. The molecule has 0 heterocycles.